The predicted molar refractivity (Wildman–Crippen MR) is 93.9 cm³/mol. The highest BCUT2D eigenvalue weighted by Crippen LogP contribution is 2.19. The van der Waals surface area contributed by atoms with E-state index in [4.69, 9.17) is 16.3 Å². The lowest BCUT2D eigenvalue weighted by atomic mass is 10.3. The van der Waals surface area contributed by atoms with Gasteiger partial charge in [-0.3, -0.25) is 9.59 Å². The van der Waals surface area contributed by atoms with Crippen LogP contribution < -0.4 is 5.32 Å². The summed E-state index contributed by atoms with van der Waals surface area (Å²) in [6.07, 6.45) is 0.618. The van der Waals surface area contributed by atoms with Crippen molar-refractivity contribution in [2.75, 3.05) is 11.1 Å². The van der Waals surface area contributed by atoms with Crippen LogP contribution in [0.1, 0.15) is 11.8 Å². The van der Waals surface area contributed by atoms with E-state index in [2.05, 4.69) is 10.3 Å². The van der Waals surface area contributed by atoms with Crippen LogP contribution >= 0.6 is 34.7 Å². The van der Waals surface area contributed by atoms with Gasteiger partial charge in [0.25, 0.3) is 5.91 Å². The number of anilines is 1. The van der Waals surface area contributed by atoms with Gasteiger partial charge in [-0.25, -0.2) is 4.98 Å². The molecule has 5 nitrogen and oxygen atoms in total. The zero-order valence-corrected chi connectivity index (χ0v) is 14.7. The van der Waals surface area contributed by atoms with Crippen molar-refractivity contribution >= 4 is 52.3 Å². The number of carbonyl (C=O) groups excluding carboxylic acids is 2. The van der Waals surface area contributed by atoms with Crippen molar-refractivity contribution in [2.24, 2.45) is 0 Å². The molecule has 0 unspecified atom stereocenters. The summed E-state index contributed by atoms with van der Waals surface area (Å²) < 4.78 is 5.11. The van der Waals surface area contributed by atoms with E-state index in [9.17, 15) is 9.59 Å². The number of thiophene rings is 1. The summed E-state index contributed by atoms with van der Waals surface area (Å²) in [6, 6.07) is 7.25. The summed E-state index contributed by atoms with van der Waals surface area (Å²) >= 11 is 8.95. The van der Waals surface area contributed by atoms with Crippen LogP contribution in [0, 0.1) is 0 Å². The highest BCUT2D eigenvalue weighted by molar-refractivity contribution is 7.99. The van der Waals surface area contributed by atoms with Crippen molar-refractivity contribution in [1.82, 2.24) is 4.98 Å². The van der Waals surface area contributed by atoms with Crippen LogP contribution in [0.2, 0.25) is 5.15 Å². The number of pyridine rings is 1. The number of halogens is 1. The smallest absolute Gasteiger partial charge is 0.316 e. The lowest BCUT2D eigenvalue weighted by Crippen LogP contribution is -2.30. The van der Waals surface area contributed by atoms with Gasteiger partial charge in [-0.15, -0.1) is 23.1 Å². The molecule has 8 heteroatoms. The molecule has 1 N–H and O–H groups in total. The second kappa shape index (κ2) is 8.90. The monoisotopic (exact) mass is 370 g/mol. The van der Waals surface area contributed by atoms with Crippen LogP contribution in [-0.2, 0) is 20.1 Å². The second-order valence-electron chi connectivity index (χ2n) is 4.54. The highest BCUT2D eigenvalue weighted by atomic mass is 35.5. The Balaban J connectivity index is 1.74. The molecule has 0 aliphatic heterocycles. The molecule has 23 heavy (non-hydrogen) atoms. The number of amides is 1. The molecule has 122 valence electrons. The summed E-state index contributed by atoms with van der Waals surface area (Å²) in [5.41, 5.74) is 0.383. The molecule has 0 bridgehead atoms. The first-order valence-electron chi connectivity index (χ1n) is 6.77. The fourth-order valence-electron chi connectivity index (χ4n) is 1.63. The quantitative estimate of drug-likeness (QED) is 0.595. The fraction of sp³-hybridized carbons (Fsp3) is 0.267. The molecule has 2 heterocycles. The van der Waals surface area contributed by atoms with Gasteiger partial charge in [0, 0.05) is 16.8 Å². The van der Waals surface area contributed by atoms with E-state index in [1.54, 1.807) is 23.5 Å². The minimum atomic E-state index is -0.902. The number of rotatable bonds is 7. The molecule has 0 fully saturated rings. The summed E-state index contributed by atoms with van der Waals surface area (Å²) in [6.45, 7) is 1.52. The first-order chi connectivity index (χ1) is 11.1. The van der Waals surface area contributed by atoms with Crippen molar-refractivity contribution < 1.29 is 14.3 Å². The molecule has 2 aromatic rings. The van der Waals surface area contributed by atoms with Crippen LogP contribution in [0.15, 0.2) is 35.8 Å². The standard InChI is InChI=1S/C15H15ClN2O3S2/c1-10(15(20)18-12-5-2-6-17-14(12)16)21-13(19)9-22-8-11-4-3-7-23-11/h2-7,10H,8-9H2,1H3,(H,18,20)/t10-/m0/s1. The molecule has 2 rings (SSSR count). The third kappa shape index (κ3) is 5.85. The van der Waals surface area contributed by atoms with Gasteiger partial charge in [0.15, 0.2) is 11.3 Å². The third-order valence-corrected chi connectivity index (χ3v) is 5.05. The van der Waals surface area contributed by atoms with Gasteiger partial charge < -0.3 is 10.1 Å². The Morgan fingerprint density at radius 2 is 2.26 bits per heavy atom. The minimum absolute atomic E-state index is 0.186. The zero-order valence-electron chi connectivity index (χ0n) is 12.3. The maximum absolute atomic E-state index is 12.0. The van der Waals surface area contributed by atoms with Gasteiger partial charge in [0.1, 0.15) is 0 Å². The van der Waals surface area contributed by atoms with Gasteiger partial charge in [-0.05, 0) is 30.5 Å². The van der Waals surface area contributed by atoms with Crippen molar-refractivity contribution in [3.05, 3.63) is 45.9 Å². The number of thioether (sulfide) groups is 1. The Labute approximate surface area is 147 Å². The summed E-state index contributed by atoms with van der Waals surface area (Å²) in [4.78, 5) is 28.8. The van der Waals surface area contributed by atoms with Crippen molar-refractivity contribution in [1.29, 1.82) is 0 Å². The molecule has 0 saturated heterocycles. The fourth-order valence-corrected chi connectivity index (χ4v) is 3.44. The summed E-state index contributed by atoms with van der Waals surface area (Å²) in [5.74, 6) is 0.0740. The van der Waals surface area contributed by atoms with Crippen LogP contribution in [0.25, 0.3) is 0 Å². The molecule has 1 atom stereocenters. The molecule has 1 amide bonds. The summed E-state index contributed by atoms with van der Waals surface area (Å²) in [5, 5.41) is 4.75. The Kier molecular flexibility index (Phi) is 6.88. The van der Waals surface area contributed by atoms with E-state index in [0.29, 0.717) is 5.69 Å². The van der Waals surface area contributed by atoms with Crippen LogP contribution in [-0.4, -0.2) is 28.7 Å². The molecule has 2 aromatic heterocycles. The number of aromatic nitrogens is 1. The highest BCUT2D eigenvalue weighted by Gasteiger charge is 2.18. The van der Waals surface area contributed by atoms with Gasteiger partial charge in [-0.1, -0.05) is 17.7 Å². The van der Waals surface area contributed by atoms with Crippen molar-refractivity contribution in [2.45, 2.75) is 18.8 Å². The molecule has 0 aliphatic rings. The lowest BCUT2D eigenvalue weighted by molar-refractivity contribution is -0.150. The van der Waals surface area contributed by atoms with Crippen molar-refractivity contribution in [3.63, 3.8) is 0 Å². The number of nitrogens with zero attached hydrogens (tertiary/aromatic N) is 1. The zero-order chi connectivity index (χ0) is 16.7. The Morgan fingerprint density at radius 1 is 1.43 bits per heavy atom. The third-order valence-electron chi connectivity index (χ3n) is 2.74. The van der Waals surface area contributed by atoms with E-state index in [1.165, 1.54) is 29.8 Å². The number of hydrogen-bond donors (Lipinski definition) is 1. The lowest BCUT2D eigenvalue weighted by Gasteiger charge is -2.13. The largest absolute Gasteiger partial charge is 0.452 e. The first kappa shape index (κ1) is 17.8. The molecule has 0 spiro atoms. The molecule has 0 aliphatic carbocycles. The maximum Gasteiger partial charge on any atom is 0.316 e. The number of esters is 1. The van der Waals surface area contributed by atoms with Crippen molar-refractivity contribution in [3.8, 4) is 0 Å². The van der Waals surface area contributed by atoms with Gasteiger partial charge in [0.05, 0.1) is 11.4 Å². The van der Waals surface area contributed by atoms with Gasteiger partial charge >= 0.3 is 5.97 Å². The number of ether oxygens (including phenoxy) is 1. The average molecular weight is 371 g/mol. The Morgan fingerprint density at radius 3 is 2.96 bits per heavy atom. The van der Waals surface area contributed by atoms with E-state index >= 15 is 0 Å². The molecular weight excluding hydrogens is 356 g/mol. The minimum Gasteiger partial charge on any atom is -0.452 e. The molecule has 0 aromatic carbocycles. The molecule has 0 saturated carbocycles. The number of hydrogen-bond acceptors (Lipinski definition) is 6. The molecule has 0 radical (unpaired) electrons. The van der Waals surface area contributed by atoms with Gasteiger partial charge in [0.2, 0.25) is 0 Å². The second-order valence-corrected chi connectivity index (χ2v) is 6.91. The topological polar surface area (TPSA) is 68.3 Å². The van der Waals surface area contributed by atoms with Gasteiger partial charge in [-0.2, -0.15) is 0 Å². The summed E-state index contributed by atoms with van der Waals surface area (Å²) in [7, 11) is 0. The van der Waals surface area contributed by atoms with E-state index in [-0.39, 0.29) is 10.9 Å². The maximum atomic E-state index is 12.0. The van der Waals surface area contributed by atoms with Crippen LogP contribution in [0.3, 0.4) is 0 Å². The Bertz CT molecular complexity index is 665. The Hall–Kier alpha value is -1.57. The average Bonchev–Trinajstić information content (AvgIpc) is 3.02. The SMILES string of the molecule is C[C@H](OC(=O)CSCc1cccs1)C(=O)Nc1cccnc1Cl. The van der Waals surface area contributed by atoms with Crippen LogP contribution in [0.5, 0.6) is 0 Å². The first-order valence-corrected chi connectivity index (χ1v) is 9.18. The normalized spacial score (nSPS) is 11.7. The van der Waals surface area contributed by atoms with E-state index in [0.717, 1.165) is 5.75 Å². The van der Waals surface area contributed by atoms with E-state index in [1.807, 2.05) is 17.5 Å². The van der Waals surface area contributed by atoms with Crippen LogP contribution in [0.4, 0.5) is 5.69 Å². The molecular formula is C15H15ClN2O3S2. The number of carbonyl (C=O) groups is 2. The number of nitrogens with one attached hydrogen (secondary N) is 1. The van der Waals surface area contributed by atoms with E-state index < -0.39 is 18.0 Å². The predicted octanol–water partition coefficient (Wildman–Crippen LogP) is 3.60.